The number of piperazine rings is 1. The molecule has 2 heterocycles. The lowest BCUT2D eigenvalue weighted by Gasteiger charge is -2.33. The molecule has 2 fully saturated rings. The summed E-state index contributed by atoms with van der Waals surface area (Å²) in [5.41, 5.74) is 3.72. The highest BCUT2D eigenvalue weighted by Gasteiger charge is 2.38. The number of piperidine rings is 1. The van der Waals surface area contributed by atoms with Gasteiger partial charge >= 0.3 is 12.1 Å². The zero-order chi connectivity index (χ0) is 29.7. The Morgan fingerprint density at radius 1 is 1.02 bits per heavy atom. The van der Waals surface area contributed by atoms with Gasteiger partial charge in [0.1, 0.15) is 0 Å². The van der Waals surface area contributed by atoms with Gasteiger partial charge in [-0.2, -0.15) is 13.2 Å². The van der Waals surface area contributed by atoms with E-state index in [2.05, 4.69) is 21.9 Å². The number of nitrogens with zero attached hydrogens (tertiary/aromatic N) is 2. The van der Waals surface area contributed by atoms with Gasteiger partial charge in [-0.1, -0.05) is 13.0 Å². The van der Waals surface area contributed by atoms with E-state index in [1.165, 1.54) is 0 Å². The van der Waals surface area contributed by atoms with Gasteiger partial charge in [-0.3, -0.25) is 9.52 Å². The van der Waals surface area contributed by atoms with Crippen molar-refractivity contribution < 1.29 is 36.3 Å². The standard InChI is InChI=1S/C25H34N4O3S.C2HF3O2/c1-18-5-4-12-29(17-18)25(30)21-7-9-24(28-13-10-26-11-14-28)23(16-21)27-33(31,32)22-8-6-19(2)20(3)15-22;3-2(4,5)1(6)7/h6-9,15-16,18,26-27H,4-5,10-14,17H2,1-3H3;(H,6,7). The van der Waals surface area contributed by atoms with E-state index in [-0.39, 0.29) is 10.8 Å². The molecule has 2 saturated heterocycles. The number of aliphatic carboxylic acids is 1. The number of aryl methyl sites for hydroxylation is 2. The van der Waals surface area contributed by atoms with E-state index in [1.54, 1.807) is 18.2 Å². The van der Waals surface area contributed by atoms with Crippen LogP contribution in [0.5, 0.6) is 0 Å². The Hall–Kier alpha value is -3.32. The van der Waals surface area contributed by atoms with Crippen LogP contribution in [0.1, 0.15) is 41.3 Å². The van der Waals surface area contributed by atoms with Gasteiger partial charge in [0, 0.05) is 44.8 Å². The highest BCUT2D eigenvalue weighted by atomic mass is 32.2. The Morgan fingerprint density at radius 2 is 1.68 bits per heavy atom. The lowest BCUT2D eigenvalue weighted by Crippen LogP contribution is -2.44. The average Bonchev–Trinajstić information content (AvgIpc) is 2.90. The number of alkyl halides is 3. The van der Waals surface area contributed by atoms with Crippen LogP contribution in [0.2, 0.25) is 0 Å². The van der Waals surface area contributed by atoms with Gasteiger partial charge in [0.25, 0.3) is 15.9 Å². The van der Waals surface area contributed by atoms with E-state index in [0.29, 0.717) is 17.2 Å². The van der Waals surface area contributed by atoms with Crippen LogP contribution in [-0.2, 0) is 14.8 Å². The minimum absolute atomic E-state index is 0.0416. The normalized spacial score (nSPS) is 18.0. The minimum Gasteiger partial charge on any atom is -0.475 e. The van der Waals surface area contributed by atoms with Crippen molar-refractivity contribution in [3.63, 3.8) is 0 Å². The van der Waals surface area contributed by atoms with Crippen molar-refractivity contribution in [3.05, 3.63) is 53.1 Å². The second-order valence-corrected chi connectivity index (χ2v) is 11.8. The molecule has 1 unspecified atom stereocenters. The number of amides is 1. The van der Waals surface area contributed by atoms with Crippen molar-refractivity contribution in [2.75, 3.05) is 48.9 Å². The van der Waals surface area contributed by atoms with Crippen LogP contribution >= 0.6 is 0 Å². The first-order valence-electron chi connectivity index (χ1n) is 13.0. The zero-order valence-electron chi connectivity index (χ0n) is 22.7. The van der Waals surface area contributed by atoms with Crippen molar-refractivity contribution >= 4 is 33.3 Å². The predicted molar refractivity (Wildman–Crippen MR) is 146 cm³/mol. The fourth-order valence-corrected chi connectivity index (χ4v) is 5.72. The number of hydrogen-bond acceptors (Lipinski definition) is 6. The summed E-state index contributed by atoms with van der Waals surface area (Å²) in [7, 11) is -3.81. The van der Waals surface area contributed by atoms with Crippen LogP contribution in [0.25, 0.3) is 0 Å². The number of carbonyl (C=O) groups excluding carboxylic acids is 1. The van der Waals surface area contributed by atoms with E-state index in [0.717, 1.165) is 68.9 Å². The Bertz CT molecular complexity index is 1330. The first-order valence-corrected chi connectivity index (χ1v) is 14.5. The summed E-state index contributed by atoms with van der Waals surface area (Å²) in [5.74, 6) is -2.32. The highest BCUT2D eigenvalue weighted by Crippen LogP contribution is 2.31. The maximum Gasteiger partial charge on any atom is 0.490 e. The van der Waals surface area contributed by atoms with Gasteiger partial charge in [0.2, 0.25) is 0 Å². The molecule has 220 valence electrons. The van der Waals surface area contributed by atoms with Crippen LogP contribution in [0.3, 0.4) is 0 Å². The molecule has 1 amide bonds. The number of sulfonamides is 1. The molecule has 2 aliphatic heterocycles. The van der Waals surface area contributed by atoms with Gasteiger partial charge in [-0.15, -0.1) is 0 Å². The third kappa shape index (κ3) is 8.10. The van der Waals surface area contributed by atoms with Crippen LogP contribution in [0.15, 0.2) is 41.3 Å². The van der Waals surface area contributed by atoms with Crippen LogP contribution in [0.4, 0.5) is 24.5 Å². The number of nitrogens with one attached hydrogen (secondary N) is 2. The molecule has 0 saturated carbocycles. The molecular weight excluding hydrogens is 549 g/mol. The van der Waals surface area contributed by atoms with Crippen LogP contribution < -0.4 is 14.9 Å². The lowest BCUT2D eigenvalue weighted by atomic mass is 9.99. The highest BCUT2D eigenvalue weighted by molar-refractivity contribution is 7.92. The third-order valence-electron chi connectivity index (χ3n) is 6.92. The summed E-state index contributed by atoms with van der Waals surface area (Å²) in [6, 6.07) is 10.5. The lowest BCUT2D eigenvalue weighted by molar-refractivity contribution is -0.192. The second-order valence-electron chi connectivity index (χ2n) is 10.1. The summed E-state index contributed by atoms with van der Waals surface area (Å²) in [4.78, 5) is 26.4. The van der Waals surface area contributed by atoms with Crippen molar-refractivity contribution in [2.24, 2.45) is 5.92 Å². The molecule has 3 N–H and O–H groups in total. The Kier molecular flexibility index (Phi) is 10.1. The first-order chi connectivity index (χ1) is 18.7. The second kappa shape index (κ2) is 12.9. The van der Waals surface area contributed by atoms with Crippen molar-refractivity contribution in [3.8, 4) is 0 Å². The summed E-state index contributed by atoms with van der Waals surface area (Å²) >= 11 is 0. The molecule has 0 aromatic heterocycles. The number of carboxylic acids is 1. The number of carboxylic acid groups (broad SMARTS) is 1. The monoisotopic (exact) mass is 584 g/mol. The zero-order valence-corrected chi connectivity index (χ0v) is 23.5. The summed E-state index contributed by atoms with van der Waals surface area (Å²) in [6.07, 6.45) is -2.95. The van der Waals surface area contributed by atoms with Gasteiger partial charge in [0.15, 0.2) is 0 Å². The number of likely N-dealkylation sites (tertiary alicyclic amines) is 1. The average molecular weight is 585 g/mol. The largest absolute Gasteiger partial charge is 0.490 e. The maximum absolute atomic E-state index is 13.3. The molecule has 1 atom stereocenters. The topological polar surface area (TPSA) is 119 Å². The third-order valence-corrected chi connectivity index (χ3v) is 8.28. The fraction of sp³-hybridized carbons (Fsp3) is 0.481. The van der Waals surface area contributed by atoms with Crippen LogP contribution in [0, 0.1) is 19.8 Å². The number of anilines is 2. The molecule has 2 aromatic rings. The van der Waals surface area contributed by atoms with E-state index < -0.39 is 22.2 Å². The SMILES string of the molecule is Cc1ccc(S(=O)(=O)Nc2cc(C(=O)N3CCCC(C)C3)ccc2N2CCNCC2)cc1C.O=C(O)C(F)(F)F. The molecule has 13 heteroatoms. The Balaban J connectivity index is 0.000000559. The number of carbonyl (C=O) groups is 2. The molecule has 0 spiro atoms. The number of benzene rings is 2. The number of hydrogen-bond donors (Lipinski definition) is 3. The molecule has 9 nitrogen and oxygen atoms in total. The number of rotatable bonds is 5. The van der Waals surface area contributed by atoms with Gasteiger partial charge in [-0.05, 0) is 74.1 Å². The van der Waals surface area contributed by atoms with Crippen molar-refractivity contribution in [2.45, 2.75) is 44.7 Å². The van der Waals surface area contributed by atoms with Gasteiger partial charge < -0.3 is 20.2 Å². The van der Waals surface area contributed by atoms with Gasteiger partial charge in [-0.25, -0.2) is 13.2 Å². The van der Waals surface area contributed by atoms with E-state index in [4.69, 9.17) is 9.90 Å². The molecule has 0 bridgehead atoms. The maximum atomic E-state index is 13.3. The molecule has 2 aromatic carbocycles. The first kappa shape index (κ1) is 31.2. The van der Waals surface area contributed by atoms with Crippen molar-refractivity contribution in [1.82, 2.24) is 10.2 Å². The fourth-order valence-electron chi connectivity index (χ4n) is 4.57. The van der Waals surface area contributed by atoms with E-state index in [1.807, 2.05) is 36.9 Å². The Morgan fingerprint density at radius 3 is 2.25 bits per heavy atom. The quantitative estimate of drug-likeness (QED) is 0.486. The molecule has 0 aliphatic carbocycles. The summed E-state index contributed by atoms with van der Waals surface area (Å²) < 4.78 is 61.1. The predicted octanol–water partition coefficient (Wildman–Crippen LogP) is 4.02. The minimum atomic E-state index is -5.08. The van der Waals surface area contributed by atoms with Gasteiger partial charge in [0.05, 0.1) is 16.3 Å². The molecule has 40 heavy (non-hydrogen) atoms. The smallest absolute Gasteiger partial charge is 0.475 e. The summed E-state index contributed by atoms with van der Waals surface area (Å²) in [6.45, 7) is 10.7. The molecule has 4 rings (SSSR count). The van der Waals surface area contributed by atoms with Crippen molar-refractivity contribution in [1.29, 1.82) is 0 Å². The van der Waals surface area contributed by atoms with Crippen LogP contribution in [-0.4, -0.2) is 75.7 Å². The number of halogens is 3. The molecular formula is C27H35F3N4O5S. The summed E-state index contributed by atoms with van der Waals surface area (Å²) in [5, 5.41) is 10.5. The van der Waals surface area contributed by atoms with E-state index in [9.17, 15) is 26.4 Å². The molecule has 2 aliphatic rings. The Labute approximate surface area is 232 Å². The van der Waals surface area contributed by atoms with E-state index >= 15 is 0 Å². The molecule has 0 radical (unpaired) electrons.